The molecule has 0 bridgehead atoms. The zero-order chi connectivity index (χ0) is 26.5. The van der Waals surface area contributed by atoms with Crippen LogP contribution in [0.15, 0.2) is 150 Å². The van der Waals surface area contributed by atoms with Gasteiger partial charge in [0.15, 0.2) is 0 Å². The number of anilines is 3. The van der Waals surface area contributed by atoms with Crippen molar-refractivity contribution in [2.24, 2.45) is 0 Å². The molecular formula is C37H24N2O. The van der Waals surface area contributed by atoms with Crippen molar-refractivity contribution in [3.63, 3.8) is 0 Å². The van der Waals surface area contributed by atoms with Crippen molar-refractivity contribution in [3.8, 4) is 11.1 Å². The van der Waals surface area contributed by atoms with E-state index in [0.29, 0.717) is 0 Å². The van der Waals surface area contributed by atoms with Crippen LogP contribution in [0.5, 0.6) is 0 Å². The summed E-state index contributed by atoms with van der Waals surface area (Å²) in [6.45, 7) is 0. The van der Waals surface area contributed by atoms with Crippen molar-refractivity contribution in [3.05, 3.63) is 146 Å². The third kappa shape index (κ3) is 3.63. The molecule has 0 saturated heterocycles. The minimum absolute atomic E-state index is 0.845. The van der Waals surface area contributed by atoms with Gasteiger partial charge in [-0.3, -0.25) is 4.98 Å². The van der Waals surface area contributed by atoms with Crippen LogP contribution in [-0.4, -0.2) is 4.98 Å². The fourth-order valence-corrected chi connectivity index (χ4v) is 5.83. The first-order chi connectivity index (χ1) is 19.8. The van der Waals surface area contributed by atoms with E-state index in [0.717, 1.165) is 39.0 Å². The standard InChI is InChI=1S/C37H24N2O/c1-2-8-25(9-3-1)26-14-16-28(17-15-26)39(29-18-19-36-33(23-29)34-24-38-21-20-37(34)40-36)35-22-27-10-4-5-11-30(27)31-12-6-7-13-32(31)35/h1-24H. The van der Waals surface area contributed by atoms with Gasteiger partial charge in [0, 0.05) is 39.9 Å². The molecular weight excluding hydrogens is 488 g/mol. The summed E-state index contributed by atoms with van der Waals surface area (Å²) >= 11 is 0. The van der Waals surface area contributed by atoms with Gasteiger partial charge in [0.1, 0.15) is 11.2 Å². The molecule has 2 aromatic heterocycles. The lowest BCUT2D eigenvalue weighted by Crippen LogP contribution is -2.10. The van der Waals surface area contributed by atoms with Crippen LogP contribution in [0, 0.1) is 0 Å². The number of furan rings is 1. The van der Waals surface area contributed by atoms with Gasteiger partial charge in [0.2, 0.25) is 0 Å². The SMILES string of the molecule is c1ccc(-c2ccc(N(c3ccc4oc5ccncc5c4c3)c3cc4ccccc4c4ccccc34)cc2)cc1. The molecule has 0 unspecified atom stereocenters. The molecule has 0 aliphatic rings. The van der Waals surface area contributed by atoms with Gasteiger partial charge in [-0.25, -0.2) is 0 Å². The summed E-state index contributed by atoms with van der Waals surface area (Å²) in [6.07, 6.45) is 3.66. The molecule has 3 nitrogen and oxygen atoms in total. The van der Waals surface area contributed by atoms with Crippen molar-refractivity contribution < 1.29 is 4.42 Å². The lowest BCUT2D eigenvalue weighted by Gasteiger charge is -2.28. The predicted octanol–water partition coefficient (Wildman–Crippen LogP) is 10.4. The topological polar surface area (TPSA) is 29.3 Å². The largest absolute Gasteiger partial charge is 0.456 e. The third-order valence-corrected chi connectivity index (χ3v) is 7.73. The Morgan fingerprint density at radius 2 is 1.15 bits per heavy atom. The summed E-state index contributed by atoms with van der Waals surface area (Å²) in [7, 11) is 0. The van der Waals surface area contributed by atoms with E-state index in [1.54, 1.807) is 6.20 Å². The third-order valence-electron chi connectivity index (χ3n) is 7.73. The highest BCUT2D eigenvalue weighted by atomic mass is 16.3. The molecule has 8 rings (SSSR count). The van der Waals surface area contributed by atoms with Crippen LogP contribution in [0.3, 0.4) is 0 Å². The zero-order valence-electron chi connectivity index (χ0n) is 21.7. The molecule has 6 aromatic carbocycles. The van der Waals surface area contributed by atoms with Crippen LogP contribution < -0.4 is 4.90 Å². The molecule has 0 aliphatic carbocycles. The van der Waals surface area contributed by atoms with Crippen LogP contribution in [0.1, 0.15) is 0 Å². The van der Waals surface area contributed by atoms with E-state index in [1.165, 1.54) is 32.7 Å². The molecule has 0 spiro atoms. The highest BCUT2D eigenvalue weighted by molar-refractivity contribution is 6.15. The molecule has 0 fully saturated rings. The summed E-state index contributed by atoms with van der Waals surface area (Å²) < 4.78 is 6.13. The maximum absolute atomic E-state index is 6.13. The van der Waals surface area contributed by atoms with Crippen LogP contribution >= 0.6 is 0 Å². The highest BCUT2D eigenvalue weighted by Crippen LogP contribution is 2.43. The van der Waals surface area contributed by atoms with Crippen molar-refractivity contribution in [2.45, 2.75) is 0 Å². The first kappa shape index (κ1) is 22.6. The van der Waals surface area contributed by atoms with Crippen molar-refractivity contribution >= 4 is 60.5 Å². The summed E-state index contributed by atoms with van der Waals surface area (Å²) in [5.41, 5.74) is 7.38. The smallest absolute Gasteiger partial charge is 0.138 e. The molecule has 0 aliphatic heterocycles. The van der Waals surface area contributed by atoms with Gasteiger partial charge in [-0.05, 0) is 69.8 Å². The molecule has 0 amide bonds. The monoisotopic (exact) mass is 512 g/mol. The van der Waals surface area contributed by atoms with Gasteiger partial charge in [-0.1, -0.05) is 91.0 Å². The Bertz CT molecular complexity index is 2160. The number of benzene rings is 6. The normalized spacial score (nSPS) is 11.5. The minimum Gasteiger partial charge on any atom is -0.456 e. The quantitative estimate of drug-likeness (QED) is 0.220. The van der Waals surface area contributed by atoms with Crippen molar-refractivity contribution in [1.82, 2.24) is 4.98 Å². The van der Waals surface area contributed by atoms with Gasteiger partial charge < -0.3 is 9.32 Å². The molecule has 188 valence electrons. The molecule has 0 radical (unpaired) electrons. The fraction of sp³-hybridized carbons (Fsp3) is 0. The van der Waals surface area contributed by atoms with E-state index in [1.807, 2.05) is 12.3 Å². The average Bonchev–Trinajstić information content (AvgIpc) is 3.40. The molecule has 8 aromatic rings. The minimum atomic E-state index is 0.845. The summed E-state index contributed by atoms with van der Waals surface area (Å²) in [4.78, 5) is 6.73. The number of nitrogens with zero attached hydrogens (tertiary/aromatic N) is 2. The van der Waals surface area contributed by atoms with Gasteiger partial charge >= 0.3 is 0 Å². The summed E-state index contributed by atoms with van der Waals surface area (Å²) in [5.74, 6) is 0. The zero-order valence-corrected chi connectivity index (χ0v) is 21.7. The maximum atomic E-state index is 6.13. The Kier molecular flexibility index (Phi) is 5.14. The number of fused-ring (bicyclic) bond motifs is 6. The number of rotatable bonds is 4. The molecule has 40 heavy (non-hydrogen) atoms. The van der Waals surface area contributed by atoms with E-state index in [-0.39, 0.29) is 0 Å². The Balaban J connectivity index is 1.39. The Morgan fingerprint density at radius 1 is 0.475 bits per heavy atom. The molecule has 3 heteroatoms. The average molecular weight is 513 g/mol. The predicted molar refractivity (Wildman–Crippen MR) is 167 cm³/mol. The van der Waals surface area contributed by atoms with E-state index >= 15 is 0 Å². The second-order valence-corrected chi connectivity index (χ2v) is 10.1. The van der Waals surface area contributed by atoms with E-state index in [4.69, 9.17) is 4.42 Å². The maximum Gasteiger partial charge on any atom is 0.138 e. The van der Waals surface area contributed by atoms with Gasteiger partial charge in [-0.2, -0.15) is 0 Å². The molecule has 0 N–H and O–H groups in total. The lowest BCUT2D eigenvalue weighted by atomic mass is 9.98. The van der Waals surface area contributed by atoms with Crippen LogP contribution in [0.2, 0.25) is 0 Å². The molecule has 0 atom stereocenters. The van der Waals surface area contributed by atoms with Gasteiger partial charge in [0.25, 0.3) is 0 Å². The summed E-state index contributed by atoms with van der Waals surface area (Å²) in [6, 6.07) is 47.3. The van der Waals surface area contributed by atoms with E-state index in [9.17, 15) is 0 Å². The van der Waals surface area contributed by atoms with Crippen LogP contribution in [0.4, 0.5) is 17.1 Å². The second kappa shape index (κ2) is 9.11. The number of pyridine rings is 1. The Labute approximate surface area is 231 Å². The van der Waals surface area contributed by atoms with Crippen molar-refractivity contribution in [1.29, 1.82) is 0 Å². The first-order valence-corrected chi connectivity index (χ1v) is 13.5. The Morgan fingerprint density at radius 3 is 2.00 bits per heavy atom. The lowest BCUT2D eigenvalue weighted by molar-refractivity contribution is 0.668. The first-order valence-electron chi connectivity index (χ1n) is 13.5. The Hall–Kier alpha value is -5.41. The number of hydrogen-bond donors (Lipinski definition) is 0. The number of hydrogen-bond acceptors (Lipinski definition) is 3. The fourth-order valence-electron chi connectivity index (χ4n) is 5.83. The van der Waals surface area contributed by atoms with E-state index in [2.05, 4.69) is 137 Å². The van der Waals surface area contributed by atoms with Crippen LogP contribution in [-0.2, 0) is 0 Å². The second-order valence-electron chi connectivity index (χ2n) is 10.1. The van der Waals surface area contributed by atoms with Crippen molar-refractivity contribution in [2.75, 3.05) is 4.90 Å². The highest BCUT2D eigenvalue weighted by Gasteiger charge is 2.19. The van der Waals surface area contributed by atoms with E-state index < -0.39 is 0 Å². The summed E-state index contributed by atoms with van der Waals surface area (Å²) in [5, 5.41) is 6.97. The molecule has 2 heterocycles. The molecule has 0 saturated carbocycles. The van der Waals surface area contributed by atoms with Gasteiger partial charge in [0.05, 0.1) is 5.69 Å². The number of aromatic nitrogens is 1. The van der Waals surface area contributed by atoms with Gasteiger partial charge in [-0.15, -0.1) is 0 Å². The van der Waals surface area contributed by atoms with Crippen LogP contribution in [0.25, 0.3) is 54.6 Å².